The topological polar surface area (TPSA) is 50.2 Å². The number of hydrogen-bond acceptors (Lipinski definition) is 4. The molecular formula is C18H24N4OS. The van der Waals surface area contributed by atoms with Crippen LogP contribution in [0.4, 0.5) is 0 Å². The van der Waals surface area contributed by atoms with E-state index < -0.39 is 0 Å². The summed E-state index contributed by atoms with van der Waals surface area (Å²) >= 11 is 1.86. The Labute approximate surface area is 146 Å². The minimum atomic E-state index is -0.00997. The fourth-order valence-corrected chi connectivity index (χ4v) is 4.62. The van der Waals surface area contributed by atoms with Crippen molar-refractivity contribution in [2.24, 2.45) is 0 Å². The predicted molar refractivity (Wildman–Crippen MR) is 95.1 cm³/mol. The van der Waals surface area contributed by atoms with Crippen molar-refractivity contribution in [3.63, 3.8) is 0 Å². The summed E-state index contributed by atoms with van der Waals surface area (Å²) in [5.74, 6) is -0.00997. The maximum absolute atomic E-state index is 12.4. The molecule has 2 aromatic rings. The number of hydrogen-bond donors (Lipinski definition) is 1. The highest BCUT2D eigenvalue weighted by Crippen LogP contribution is 2.21. The van der Waals surface area contributed by atoms with Gasteiger partial charge in [-0.25, -0.2) is 0 Å². The van der Waals surface area contributed by atoms with E-state index in [1.165, 1.54) is 22.6 Å². The van der Waals surface area contributed by atoms with E-state index in [-0.39, 0.29) is 5.91 Å². The first-order valence-corrected chi connectivity index (χ1v) is 9.64. The zero-order valence-electron chi connectivity index (χ0n) is 14.1. The molecule has 1 saturated carbocycles. The largest absolute Gasteiger partial charge is 0.348 e. The third kappa shape index (κ3) is 3.39. The summed E-state index contributed by atoms with van der Waals surface area (Å²) in [5.41, 5.74) is 1.72. The van der Waals surface area contributed by atoms with E-state index >= 15 is 0 Å². The number of aryl methyl sites for hydroxylation is 1. The zero-order valence-corrected chi connectivity index (χ0v) is 14.9. The number of fused-ring (bicyclic) bond motifs is 1. The van der Waals surface area contributed by atoms with Crippen LogP contribution in [-0.4, -0.2) is 33.2 Å². The van der Waals surface area contributed by atoms with Crippen LogP contribution in [0.3, 0.4) is 0 Å². The Kier molecular flexibility index (Phi) is 4.41. The van der Waals surface area contributed by atoms with E-state index in [0.29, 0.717) is 11.7 Å². The van der Waals surface area contributed by atoms with Crippen molar-refractivity contribution in [1.82, 2.24) is 20.0 Å². The molecular weight excluding hydrogens is 320 g/mol. The minimum absolute atomic E-state index is 0.00997. The Morgan fingerprint density at radius 2 is 2.17 bits per heavy atom. The molecule has 3 heterocycles. The van der Waals surface area contributed by atoms with E-state index in [1.807, 2.05) is 22.1 Å². The summed E-state index contributed by atoms with van der Waals surface area (Å²) in [4.78, 5) is 17.6. The number of nitrogens with one attached hydrogen (secondary N) is 1. The van der Waals surface area contributed by atoms with Crippen LogP contribution in [0.1, 0.15) is 51.6 Å². The molecule has 1 aliphatic heterocycles. The van der Waals surface area contributed by atoms with Gasteiger partial charge in [-0.05, 0) is 38.0 Å². The summed E-state index contributed by atoms with van der Waals surface area (Å²) in [7, 11) is 0. The van der Waals surface area contributed by atoms with E-state index in [0.717, 1.165) is 44.7 Å². The Balaban J connectivity index is 1.40. The molecule has 1 amide bonds. The molecule has 5 nitrogen and oxygen atoms in total. The molecule has 2 aliphatic rings. The van der Waals surface area contributed by atoms with Gasteiger partial charge in [0.15, 0.2) is 5.69 Å². The first-order valence-electron chi connectivity index (χ1n) is 8.82. The Morgan fingerprint density at radius 1 is 1.33 bits per heavy atom. The van der Waals surface area contributed by atoms with Gasteiger partial charge in [-0.1, -0.05) is 12.8 Å². The lowest BCUT2D eigenvalue weighted by atomic mass is 10.2. The number of thiophene rings is 1. The van der Waals surface area contributed by atoms with Gasteiger partial charge in [0, 0.05) is 35.4 Å². The number of carbonyl (C=O) groups is 1. The smallest absolute Gasteiger partial charge is 0.272 e. The lowest BCUT2D eigenvalue weighted by Crippen LogP contribution is -2.33. The molecule has 24 heavy (non-hydrogen) atoms. The summed E-state index contributed by atoms with van der Waals surface area (Å²) in [6.07, 6.45) is 4.66. The third-order valence-electron chi connectivity index (χ3n) is 4.98. The molecule has 4 rings (SSSR count). The van der Waals surface area contributed by atoms with Crippen LogP contribution in [0.2, 0.25) is 0 Å². The first-order chi connectivity index (χ1) is 11.7. The highest BCUT2D eigenvalue weighted by molar-refractivity contribution is 7.11. The van der Waals surface area contributed by atoms with Crippen LogP contribution in [0, 0.1) is 6.92 Å². The molecule has 0 bridgehead atoms. The van der Waals surface area contributed by atoms with Crippen molar-refractivity contribution in [3.8, 4) is 0 Å². The van der Waals surface area contributed by atoms with Crippen molar-refractivity contribution in [2.75, 3.05) is 6.54 Å². The van der Waals surface area contributed by atoms with Crippen molar-refractivity contribution in [1.29, 1.82) is 0 Å². The van der Waals surface area contributed by atoms with Gasteiger partial charge in [-0.15, -0.1) is 11.3 Å². The summed E-state index contributed by atoms with van der Waals surface area (Å²) in [6.45, 7) is 5.83. The molecule has 0 saturated heterocycles. The molecule has 0 unspecified atom stereocenters. The van der Waals surface area contributed by atoms with Crippen LogP contribution in [-0.2, 0) is 19.6 Å². The third-order valence-corrected chi connectivity index (χ3v) is 5.96. The van der Waals surface area contributed by atoms with Gasteiger partial charge in [0.25, 0.3) is 5.91 Å². The normalized spacial score (nSPS) is 18.7. The van der Waals surface area contributed by atoms with Gasteiger partial charge in [0.05, 0.1) is 12.2 Å². The van der Waals surface area contributed by atoms with Crippen LogP contribution >= 0.6 is 11.3 Å². The first kappa shape index (κ1) is 15.8. The van der Waals surface area contributed by atoms with Gasteiger partial charge in [0.2, 0.25) is 0 Å². The molecule has 128 valence electrons. The lowest BCUT2D eigenvalue weighted by molar-refractivity contribution is 0.0931. The molecule has 0 atom stereocenters. The molecule has 0 aromatic carbocycles. The molecule has 2 aromatic heterocycles. The second-order valence-corrected chi connectivity index (χ2v) is 8.29. The monoisotopic (exact) mass is 344 g/mol. The van der Waals surface area contributed by atoms with Crippen LogP contribution in [0.25, 0.3) is 0 Å². The maximum atomic E-state index is 12.4. The summed E-state index contributed by atoms with van der Waals surface area (Å²) in [5, 5.41) is 7.65. The van der Waals surface area contributed by atoms with Gasteiger partial charge < -0.3 is 5.32 Å². The average Bonchev–Trinajstić information content (AvgIpc) is 3.28. The van der Waals surface area contributed by atoms with Crippen LogP contribution in [0.15, 0.2) is 18.2 Å². The van der Waals surface area contributed by atoms with Crippen molar-refractivity contribution >= 4 is 17.2 Å². The fraction of sp³-hybridized carbons (Fsp3) is 0.556. The SMILES string of the molecule is Cc1ccc(CN2CCn3nc(C(=O)NC4CCCC4)cc3C2)s1. The predicted octanol–water partition coefficient (Wildman–Crippen LogP) is 2.94. The van der Waals surface area contributed by atoms with E-state index in [4.69, 9.17) is 0 Å². The quantitative estimate of drug-likeness (QED) is 0.928. The highest BCUT2D eigenvalue weighted by atomic mass is 32.1. The molecule has 1 fully saturated rings. The number of aromatic nitrogens is 2. The molecule has 6 heteroatoms. The second-order valence-electron chi connectivity index (χ2n) is 6.92. The Morgan fingerprint density at radius 3 is 2.92 bits per heavy atom. The number of carbonyl (C=O) groups excluding carboxylic acids is 1. The van der Waals surface area contributed by atoms with Crippen molar-refractivity contribution < 1.29 is 4.79 Å². The van der Waals surface area contributed by atoms with Gasteiger partial charge >= 0.3 is 0 Å². The number of nitrogens with zero attached hydrogens (tertiary/aromatic N) is 3. The Hall–Kier alpha value is -1.66. The molecule has 0 spiro atoms. The van der Waals surface area contributed by atoms with E-state index in [9.17, 15) is 4.79 Å². The van der Waals surface area contributed by atoms with E-state index in [2.05, 4.69) is 34.4 Å². The average molecular weight is 344 g/mol. The van der Waals surface area contributed by atoms with Gasteiger partial charge in [0.1, 0.15) is 0 Å². The van der Waals surface area contributed by atoms with Gasteiger partial charge in [-0.2, -0.15) is 5.10 Å². The summed E-state index contributed by atoms with van der Waals surface area (Å²) < 4.78 is 2.00. The fourth-order valence-electron chi connectivity index (χ4n) is 3.69. The Bertz CT molecular complexity index is 729. The highest BCUT2D eigenvalue weighted by Gasteiger charge is 2.23. The minimum Gasteiger partial charge on any atom is -0.348 e. The van der Waals surface area contributed by atoms with E-state index in [1.54, 1.807) is 0 Å². The zero-order chi connectivity index (χ0) is 16.5. The molecule has 0 radical (unpaired) electrons. The summed E-state index contributed by atoms with van der Waals surface area (Å²) in [6, 6.07) is 6.71. The number of amides is 1. The lowest BCUT2D eigenvalue weighted by Gasteiger charge is -2.26. The second kappa shape index (κ2) is 6.69. The molecule has 1 aliphatic carbocycles. The molecule has 1 N–H and O–H groups in total. The van der Waals surface area contributed by atoms with Crippen molar-refractivity contribution in [2.45, 2.75) is 58.3 Å². The van der Waals surface area contributed by atoms with Gasteiger partial charge in [-0.3, -0.25) is 14.4 Å². The van der Waals surface area contributed by atoms with Crippen LogP contribution in [0.5, 0.6) is 0 Å². The van der Waals surface area contributed by atoms with Crippen LogP contribution < -0.4 is 5.32 Å². The number of rotatable bonds is 4. The standard InChI is InChI=1S/C18H24N4OS/c1-13-6-7-16(24-13)12-21-8-9-22-15(11-21)10-17(20-22)18(23)19-14-4-2-3-5-14/h6-7,10,14H,2-5,8-9,11-12H2,1H3,(H,19,23). The van der Waals surface area contributed by atoms with Crippen molar-refractivity contribution in [3.05, 3.63) is 39.3 Å². The maximum Gasteiger partial charge on any atom is 0.272 e.